The number of piperazine rings is 1. The molecular weight excluding hydrogens is 440 g/mol. The highest BCUT2D eigenvalue weighted by atomic mass is 32.1. The van der Waals surface area contributed by atoms with Crippen LogP contribution in [0.25, 0.3) is 21.6 Å². The molecule has 170 valence electrons. The van der Waals surface area contributed by atoms with Gasteiger partial charge in [0.2, 0.25) is 17.6 Å². The third kappa shape index (κ3) is 4.65. The second kappa shape index (κ2) is 9.53. The molecule has 0 saturated carbocycles. The first kappa shape index (κ1) is 21.3. The Bertz CT molecular complexity index is 1230. The van der Waals surface area contributed by atoms with Gasteiger partial charge >= 0.3 is 0 Å². The van der Waals surface area contributed by atoms with Gasteiger partial charge in [0.05, 0.1) is 12.0 Å². The molecule has 10 heteroatoms. The summed E-state index contributed by atoms with van der Waals surface area (Å²) in [6, 6.07) is 9.60. The van der Waals surface area contributed by atoms with Crippen LogP contribution in [0.15, 0.2) is 46.6 Å². The maximum absolute atomic E-state index is 12.7. The van der Waals surface area contributed by atoms with Crippen LogP contribution < -0.4 is 9.64 Å². The number of ether oxygens (including phenoxy) is 1. The van der Waals surface area contributed by atoms with Crippen molar-refractivity contribution in [1.82, 2.24) is 25.0 Å². The molecule has 5 rings (SSSR count). The average Bonchev–Trinajstić information content (AvgIpc) is 3.53. The van der Waals surface area contributed by atoms with Crippen LogP contribution >= 0.6 is 11.3 Å². The minimum absolute atomic E-state index is 0.0961. The number of benzene rings is 1. The Morgan fingerprint density at radius 1 is 1.12 bits per heavy atom. The molecule has 33 heavy (non-hydrogen) atoms. The fourth-order valence-electron chi connectivity index (χ4n) is 3.91. The molecule has 9 nitrogen and oxygen atoms in total. The van der Waals surface area contributed by atoms with Crippen molar-refractivity contribution in [2.75, 3.05) is 37.7 Å². The maximum Gasteiger partial charge on any atom is 0.227 e. The molecule has 0 atom stereocenters. The molecule has 0 N–H and O–H groups in total. The number of aryl methyl sites for hydroxylation is 1. The first-order valence-electron chi connectivity index (χ1n) is 11.0. The van der Waals surface area contributed by atoms with Crippen molar-refractivity contribution in [3.8, 4) is 17.1 Å². The molecule has 4 aromatic rings. The predicted octanol–water partition coefficient (Wildman–Crippen LogP) is 3.42. The highest BCUT2D eigenvalue weighted by molar-refractivity contribution is 7.16. The quantitative estimate of drug-likeness (QED) is 0.410. The summed E-state index contributed by atoms with van der Waals surface area (Å²) in [4.78, 5) is 31.1. The Balaban J connectivity index is 1.14. The van der Waals surface area contributed by atoms with Crippen LogP contribution in [0.2, 0.25) is 0 Å². The zero-order valence-electron chi connectivity index (χ0n) is 18.3. The number of hydrogen-bond donors (Lipinski definition) is 0. The fourth-order valence-corrected chi connectivity index (χ4v) is 4.64. The molecule has 1 aliphatic heterocycles. The van der Waals surface area contributed by atoms with E-state index < -0.39 is 0 Å². The van der Waals surface area contributed by atoms with Crippen molar-refractivity contribution < 1.29 is 14.1 Å². The average molecular weight is 465 g/mol. The SMILES string of the molecule is CCOc1ccc(-c2noc(CCC(=O)N3CCN(c4ncnc5sccc45)CC3)n2)cc1. The van der Waals surface area contributed by atoms with Crippen LogP contribution in [0.5, 0.6) is 5.75 Å². The zero-order chi connectivity index (χ0) is 22.6. The van der Waals surface area contributed by atoms with Gasteiger partial charge in [-0.25, -0.2) is 9.97 Å². The van der Waals surface area contributed by atoms with Gasteiger partial charge in [0, 0.05) is 44.6 Å². The summed E-state index contributed by atoms with van der Waals surface area (Å²) >= 11 is 1.61. The van der Waals surface area contributed by atoms with Gasteiger partial charge in [0.1, 0.15) is 22.7 Å². The number of nitrogens with zero attached hydrogens (tertiary/aromatic N) is 6. The summed E-state index contributed by atoms with van der Waals surface area (Å²) in [5, 5.41) is 7.15. The van der Waals surface area contributed by atoms with Crippen LogP contribution in [0.4, 0.5) is 5.82 Å². The molecule has 4 heterocycles. The molecule has 1 saturated heterocycles. The number of thiophene rings is 1. The highest BCUT2D eigenvalue weighted by Crippen LogP contribution is 2.27. The van der Waals surface area contributed by atoms with E-state index in [0.29, 0.717) is 44.3 Å². The number of amides is 1. The number of aromatic nitrogens is 4. The molecule has 0 unspecified atom stereocenters. The third-order valence-electron chi connectivity index (χ3n) is 5.62. The van der Waals surface area contributed by atoms with Gasteiger partial charge in [-0.3, -0.25) is 4.79 Å². The fraction of sp³-hybridized carbons (Fsp3) is 0.348. The van der Waals surface area contributed by atoms with Gasteiger partial charge in [0.15, 0.2) is 0 Å². The second-order valence-corrected chi connectivity index (χ2v) is 8.57. The smallest absolute Gasteiger partial charge is 0.227 e. The van der Waals surface area contributed by atoms with Crippen molar-refractivity contribution in [2.24, 2.45) is 0 Å². The lowest BCUT2D eigenvalue weighted by molar-refractivity contribution is -0.131. The van der Waals surface area contributed by atoms with E-state index in [9.17, 15) is 4.79 Å². The number of carbonyl (C=O) groups is 1. The Hall–Kier alpha value is -3.53. The van der Waals surface area contributed by atoms with Gasteiger partial charge < -0.3 is 19.1 Å². The van der Waals surface area contributed by atoms with Gasteiger partial charge in [-0.2, -0.15) is 4.98 Å². The summed E-state index contributed by atoms with van der Waals surface area (Å²) in [6.07, 6.45) is 2.37. The van der Waals surface area contributed by atoms with Gasteiger partial charge in [-0.1, -0.05) is 5.16 Å². The lowest BCUT2D eigenvalue weighted by Crippen LogP contribution is -2.49. The first-order valence-corrected chi connectivity index (χ1v) is 11.9. The monoisotopic (exact) mass is 464 g/mol. The Kier molecular flexibility index (Phi) is 6.16. The molecule has 1 aliphatic rings. The first-order chi connectivity index (χ1) is 16.2. The Labute approximate surface area is 195 Å². The van der Waals surface area contributed by atoms with Crippen LogP contribution in [0.1, 0.15) is 19.2 Å². The highest BCUT2D eigenvalue weighted by Gasteiger charge is 2.23. The topological polar surface area (TPSA) is 97.5 Å². The Morgan fingerprint density at radius 2 is 1.94 bits per heavy atom. The van der Waals surface area contributed by atoms with E-state index in [2.05, 4.69) is 31.1 Å². The van der Waals surface area contributed by atoms with Crippen LogP contribution in [0, 0.1) is 0 Å². The minimum atomic E-state index is 0.0961. The summed E-state index contributed by atoms with van der Waals surface area (Å²) in [7, 11) is 0. The summed E-state index contributed by atoms with van der Waals surface area (Å²) in [5.74, 6) is 2.82. The summed E-state index contributed by atoms with van der Waals surface area (Å²) in [6.45, 7) is 5.38. The van der Waals surface area contributed by atoms with Crippen LogP contribution in [-0.4, -0.2) is 63.7 Å². The molecule has 1 amide bonds. The third-order valence-corrected chi connectivity index (χ3v) is 6.44. The van der Waals surface area contributed by atoms with Gasteiger partial charge in [-0.05, 0) is 42.6 Å². The largest absolute Gasteiger partial charge is 0.494 e. The zero-order valence-corrected chi connectivity index (χ0v) is 19.1. The molecular formula is C23H24N6O3S. The van der Waals surface area contributed by atoms with E-state index in [1.807, 2.05) is 41.5 Å². The minimum Gasteiger partial charge on any atom is -0.494 e. The van der Waals surface area contributed by atoms with Crippen molar-refractivity contribution in [3.05, 3.63) is 47.9 Å². The summed E-state index contributed by atoms with van der Waals surface area (Å²) in [5.41, 5.74) is 0.848. The standard InChI is InChI=1S/C23H24N6O3S/c1-2-31-17-5-3-16(4-6-17)21-26-19(32-27-21)7-8-20(30)28-10-12-29(13-11-28)22-18-9-14-33-23(18)25-15-24-22/h3-6,9,14-15H,2,7-8,10-13H2,1H3. The number of anilines is 1. The summed E-state index contributed by atoms with van der Waals surface area (Å²) < 4.78 is 10.8. The van der Waals surface area contributed by atoms with E-state index in [0.717, 1.165) is 40.4 Å². The molecule has 1 fully saturated rings. The number of rotatable bonds is 7. The van der Waals surface area contributed by atoms with Crippen LogP contribution in [-0.2, 0) is 11.2 Å². The number of hydrogen-bond acceptors (Lipinski definition) is 9. The van der Waals surface area contributed by atoms with Crippen molar-refractivity contribution >= 4 is 33.3 Å². The maximum atomic E-state index is 12.7. The Morgan fingerprint density at radius 3 is 2.73 bits per heavy atom. The predicted molar refractivity (Wildman–Crippen MR) is 125 cm³/mol. The number of fused-ring (bicyclic) bond motifs is 1. The van der Waals surface area contributed by atoms with E-state index in [1.165, 1.54) is 0 Å². The lowest BCUT2D eigenvalue weighted by Gasteiger charge is -2.35. The molecule has 0 bridgehead atoms. The lowest BCUT2D eigenvalue weighted by atomic mass is 10.2. The normalized spacial score (nSPS) is 14.1. The van der Waals surface area contributed by atoms with Crippen molar-refractivity contribution in [3.63, 3.8) is 0 Å². The van der Waals surface area contributed by atoms with Crippen molar-refractivity contribution in [1.29, 1.82) is 0 Å². The van der Waals surface area contributed by atoms with Gasteiger partial charge in [-0.15, -0.1) is 11.3 Å². The van der Waals surface area contributed by atoms with E-state index >= 15 is 0 Å². The molecule has 3 aromatic heterocycles. The van der Waals surface area contributed by atoms with E-state index in [-0.39, 0.29) is 5.91 Å². The van der Waals surface area contributed by atoms with E-state index in [1.54, 1.807) is 17.7 Å². The van der Waals surface area contributed by atoms with Crippen molar-refractivity contribution in [2.45, 2.75) is 19.8 Å². The molecule has 0 radical (unpaired) electrons. The van der Waals surface area contributed by atoms with E-state index in [4.69, 9.17) is 9.26 Å². The molecule has 1 aromatic carbocycles. The van der Waals surface area contributed by atoms with Gasteiger partial charge in [0.25, 0.3) is 0 Å². The molecule has 0 aliphatic carbocycles. The van der Waals surface area contributed by atoms with Crippen LogP contribution in [0.3, 0.4) is 0 Å². The number of carbonyl (C=O) groups excluding carboxylic acids is 1. The molecule has 0 spiro atoms. The second-order valence-electron chi connectivity index (χ2n) is 7.67.